The molecule has 0 radical (unpaired) electrons. The van der Waals surface area contributed by atoms with E-state index >= 15 is 0 Å². The van der Waals surface area contributed by atoms with Crippen LogP contribution in [0, 0.1) is 18.7 Å². The van der Waals surface area contributed by atoms with E-state index in [1.165, 1.54) is 0 Å². The predicted octanol–water partition coefficient (Wildman–Crippen LogP) is 4.62. The van der Waals surface area contributed by atoms with Gasteiger partial charge in [-0.1, -0.05) is 41.9 Å². The van der Waals surface area contributed by atoms with Gasteiger partial charge in [-0.25, -0.2) is 4.39 Å². The zero-order chi connectivity index (χ0) is 10.7. The Kier molecular flexibility index (Phi) is 4.11. The van der Waals surface area contributed by atoms with E-state index in [4.69, 9.17) is 0 Å². The molecule has 1 aromatic rings. The molecule has 0 amide bonds. The van der Waals surface area contributed by atoms with Crippen LogP contribution in [-0.2, 0) is 0 Å². The molecule has 0 bridgehead atoms. The minimum Gasteiger partial charge on any atom is -0.207 e. The summed E-state index contributed by atoms with van der Waals surface area (Å²) in [5.41, 5.74) is 1.88. The van der Waals surface area contributed by atoms with Crippen molar-refractivity contribution >= 4 is 15.9 Å². The number of hydrogen-bond donors (Lipinski definition) is 0. The van der Waals surface area contributed by atoms with Gasteiger partial charge in [0.05, 0.1) is 0 Å². The van der Waals surface area contributed by atoms with E-state index in [0.717, 1.165) is 17.5 Å². The normalized spacial score (nSPS) is 13.3. The Morgan fingerprint density at radius 1 is 1.36 bits per heavy atom. The van der Waals surface area contributed by atoms with Crippen LogP contribution in [0.4, 0.5) is 4.39 Å². The van der Waals surface area contributed by atoms with Crippen molar-refractivity contribution < 1.29 is 4.39 Å². The van der Waals surface area contributed by atoms with Gasteiger partial charge in [-0.2, -0.15) is 0 Å². The Balaban J connectivity index is 2.80. The fourth-order valence-corrected chi connectivity index (χ4v) is 2.45. The van der Waals surface area contributed by atoms with Crippen LogP contribution in [0.2, 0.25) is 0 Å². The fraction of sp³-hybridized carbons (Fsp3) is 0.500. The Bertz CT molecular complexity index is 307. The number of halogens is 2. The second-order valence-electron chi connectivity index (χ2n) is 4.11. The van der Waals surface area contributed by atoms with Crippen LogP contribution in [0.15, 0.2) is 18.2 Å². The first-order chi connectivity index (χ1) is 6.50. The first-order valence-electron chi connectivity index (χ1n) is 4.91. The standard InChI is InChI=1S/C12H16BrF/c1-8(2)6-11(13)10-4-5-12(14)9(3)7-10/h4-5,7-8,11H,6H2,1-3H3. The maximum atomic E-state index is 13.0. The van der Waals surface area contributed by atoms with E-state index in [-0.39, 0.29) is 5.82 Å². The minimum absolute atomic E-state index is 0.127. The lowest BCUT2D eigenvalue weighted by molar-refractivity contribution is 0.581. The van der Waals surface area contributed by atoms with Gasteiger partial charge in [0, 0.05) is 4.83 Å². The lowest BCUT2D eigenvalue weighted by atomic mass is 10.0. The number of hydrogen-bond acceptors (Lipinski definition) is 0. The van der Waals surface area contributed by atoms with Crippen LogP contribution in [0.1, 0.15) is 36.2 Å². The second kappa shape index (κ2) is 4.92. The molecule has 0 aliphatic rings. The summed E-state index contributed by atoms with van der Waals surface area (Å²) in [6, 6.07) is 5.31. The van der Waals surface area contributed by atoms with Gasteiger partial charge in [0.1, 0.15) is 5.82 Å². The summed E-state index contributed by atoms with van der Waals surface area (Å²) < 4.78 is 13.0. The van der Waals surface area contributed by atoms with Crippen molar-refractivity contribution in [2.24, 2.45) is 5.92 Å². The highest BCUT2D eigenvalue weighted by Gasteiger charge is 2.10. The molecule has 1 atom stereocenters. The van der Waals surface area contributed by atoms with Crippen LogP contribution >= 0.6 is 15.9 Å². The highest BCUT2D eigenvalue weighted by atomic mass is 79.9. The van der Waals surface area contributed by atoms with Gasteiger partial charge in [0.25, 0.3) is 0 Å². The Morgan fingerprint density at radius 3 is 2.50 bits per heavy atom. The molecule has 2 heteroatoms. The Morgan fingerprint density at radius 2 is 2.00 bits per heavy atom. The monoisotopic (exact) mass is 258 g/mol. The third-order valence-corrected chi connectivity index (χ3v) is 3.12. The minimum atomic E-state index is -0.127. The first-order valence-corrected chi connectivity index (χ1v) is 5.82. The maximum Gasteiger partial charge on any atom is 0.126 e. The average molecular weight is 259 g/mol. The molecular weight excluding hydrogens is 243 g/mol. The first kappa shape index (κ1) is 11.7. The summed E-state index contributed by atoms with van der Waals surface area (Å²) in [6.45, 7) is 6.17. The summed E-state index contributed by atoms with van der Waals surface area (Å²) >= 11 is 3.62. The van der Waals surface area contributed by atoms with E-state index in [2.05, 4.69) is 29.8 Å². The Hall–Kier alpha value is -0.370. The van der Waals surface area contributed by atoms with Crippen LogP contribution < -0.4 is 0 Å². The quantitative estimate of drug-likeness (QED) is 0.695. The van der Waals surface area contributed by atoms with Gasteiger partial charge in [-0.3, -0.25) is 0 Å². The largest absolute Gasteiger partial charge is 0.207 e. The Labute approximate surface area is 93.7 Å². The van der Waals surface area contributed by atoms with Crippen LogP contribution in [-0.4, -0.2) is 0 Å². The van der Waals surface area contributed by atoms with E-state index in [1.807, 2.05) is 12.1 Å². The summed E-state index contributed by atoms with van der Waals surface area (Å²) in [7, 11) is 0. The third kappa shape index (κ3) is 3.09. The SMILES string of the molecule is Cc1cc(C(Br)CC(C)C)ccc1F. The van der Waals surface area contributed by atoms with Gasteiger partial charge in [-0.05, 0) is 36.5 Å². The molecule has 14 heavy (non-hydrogen) atoms. The van der Waals surface area contributed by atoms with Crippen LogP contribution in [0.25, 0.3) is 0 Å². The molecule has 78 valence electrons. The molecule has 1 rings (SSSR count). The fourth-order valence-electron chi connectivity index (χ4n) is 1.41. The molecule has 0 spiro atoms. The van der Waals surface area contributed by atoms with E-state index < -0.39 is 0 Å². The average Bonchev–Trinajstić information content (AvgIpc) is 2.08. The van der Waals surface area contributed by atoms with Gasteiger partial charge in [-0.15, -0.1) is 0 Å². The van der Waals surface area contributed by atoms with Crippen molar-refractivity contribution in [1.29, 1.82) is 0 Å². The molecule has 0 heterocycles. The molecule has 1 aromatic carbocycles. The summed E-state index contributed by atoms with van der Waals surface area (Å²) in [4.78, 5) is 0.335. The molecule has 1 unspecified atom stereocenters. The van der Waals surface area contributed by atoms with E-state index in [9.17, 15) is 4.39 Å². The number of aryl methyl sites for hydroxylation is 1. The zero-order valence-electron chi connectivity index (χ0n) is 8.85. The number of rotatable bonds is 3. The zero-order valence-corrected chi connectivity index (χ0v) is 10.4. The summed E-state index contributed by atoms with van der Waals surface area (Å²) in [5, 5.41) is 0. The predicted molar refractivity (Wildman–Crippen MR) is 62.3 cm³/mol. The topological polar surface area (TPSA) is 0 Å². The molecule has 0 fully saturated rings. The van der Waals surface area contributed by atoms with E-state index in [1.54, 1.807) is 13.0 Å². The van der Waals surface area contributed by atoms with Crippen molar-refractivity contribution in [3.63, 3.8) is 0 Å². The molecule has 0 saturated carbocycles. The van der Waals surface area contributed by atoms with Gasteiger partial charge in [0.15, 0.2) is 0 Å². The van der Waals surface area contributed by atoms with Crippen LogP contribution in [0.3, 0.4) is 0 Å². The molecule has 0 N–H and O–H groups in total. The van der Waals surface area contributed by atoms with Gasteiger partial charge >= 0.3 is 0 Å². The number of benzene rings is 1. The number of alkyl halides is 1. The van der Waals surface area contributed by atoms with Gasteiger partial charge < -0.3 is 0 Å². The third-order valence-electron chi connectivity index (χ3n) is 2.22. The molecule has 0 aliphatic heterocycles. The van der Waals surface area contributed by atoms with Crippen molar-refractivity contribution in [2.75, 3.05) is 0 Å². The molecule has 0 aliphatic carbocycles. The highest BCUT2D eigenvalue weighted by molar-refractivity contribution is 9.09. The van der Waals surface area contributed by atoms with Crippen molar-refractivity contribution in [1.82, 2.24) is 0 Å². The molecule has 0 saturated heterocycles. The lowest BCUT2D eigenvalue weighted by Crippen LogP contribution is -1.97. The molecule has 0 nitrogen and oxygen atoms in total. The lowest BCUT2D eigenvalue weighted by Gasteiger charge is -2.13. The highest BCUT2D eigenvalue weighted by Crippen LogP contribution is 2.30. The van der Waals surface area contributed by atoms with E-state index in [0.29, 0.717) is 10.7 Å². The summed E-state index contributed by atoms with van der Waals surface area (Å²) in [5.74, 6) is 0.516. The molecular formula is C12H16BrF. The van der Waals surface area contributed by atoms with Crippen molar-refractivity contribution in [2.45, 2.75) is 32.0 Å². The van der Waals surface area contributed by atoms with Crippen molar-refractivity contribution in [3.8, 4) is 0 Å². The van der Waals surface area contributed by atoms with Crippen LogP contribution in [0.5, 0.6) is 0 Å². The maximum absolute atomic E-state index is 13.0. The van der Waals surface area contributed by atoms with Crippen molar-refractivity contribution in [3.05, 3.63) is 35.1 Å². The smallest absolute Gasteiger partial charge is 0.126 e. The molecule has 0 aromatic heterocycles. The van der Waals surface area contributed by atoms with Gasteiger partial charge in [0.2, 0.25) is 0 Å². The summed E-state index contributed by atoms with van der Waals surface area (Å²) in [6.07, 6.45) is 1.07. The second-order valence-corrected chi connectivity index (χ2v) is 5.21.